The number of rotatable bonds is 3. The van der Waals surface area contributed by atoms with Gasteiger partial charge in [-0.05, 0) is 29.8 Å². The van der Waals surface area contributed by atoms with Gasteiger partial charge < -0.3 is 5.32 Å². The van der Waals surface area contributed by atoms with E-state index < -0.39 is 0 Å². The van der Waals surface area contributed by atoms with E-state index in [4.69, 9.17) is 23.2 Å². The van der Waals surface area contributed by atoms with Gasteiger partial charge in [-0.2, -0.15) is 0 Å². The zero-order valence-corrected chi connectivity index (χ0v) is 12.1. The molecule has 0 saturated carbocycles. The Kier molecular flexibility index (Phi) is 3.77. The summed E-state index contributed by atoms with van der Waals surface area (Å²) in [7, 11) is 0. The second-order valence-corrected chi connectivity index (χ2v) is 5.23. The Bertz CT molecular complexity index is 751. The summed E-state index contributed by atoms with van der Waals surface area (Å²) in [6.45, 7) is 0.670. The van der Waals surface area contributed by atoms with Crippen LogP contribution >= 0.6 is 23.2 Å². The van der Waals surface area contributed by atoms with Gasteiger partial charge in [0.05, 0.1) is 21.2 Å². The van der Waals surface area contributed by atoms with Gasteiger partial charge in [-0.15, -0.1) is 0 Å². The van der Waals surface area contributed by atoms with Crippen molar-refractivity contribution < 1.29 is 0 Å². The summed E-state index contributed by atoms with van der Waals surface area (Å²) in [5.41, 5.74) is 3.00. The van der Waals surface area contributed by atoms with Crippen LogP contribution in [0, 0.1) is 0 Å². The summed E-state index contributed by atoms with van der Waals surface area (Å²) in [4.78, 5) is 4.35. The normalized spacial score (nSPS) is 10.7. The molecular weight excluding hydrogens is 291 g/mol. The number of aromatic nitrogens is 1. The van der Waals surface area contributed by atoms with Crippen LogP contribution in [0.15, 0.2) is 54.7 Å². The van der Waals surface area contributed by atoms with E-state index in [9.17, 15) is 0 Å². The Labute approximate surface area is 127 Å². The third-order valence-electron chi connectivity index (χ3n) is 3.16. The van der Waals surface area contributed by atoms with Gasteiger partial charge in [-0.1, -0.05) is 47.5 Å². The molecule has 0 aliphatic rings. The van der Waals surface area contributed by atoms with E-state index in [0.717, 1.165) is 16.6 Å². The van der Waals surface area contributed by atoms with E-state index in [1.807, 2.05) is 42.6 Å². The maximum absolute atomic E-state index is 6.17. The fraction of sp³-hybridized carbons (Fsp3) is 0.0625. The average Bonchev–Trinajstić information content (AvgIpc) is 2.49. The molecule has 0 aliphatic carbocycles. The number of fused-ring (bicyclic) bond motifs is 1. The number of hydrogen-bond donors (Lipinski definition) is 1. The van der Waals surface area contributed by atoms with Crippen LogP contribution in [0.25, 0.3) is 10.9 Å². The topological polar surface area (TPSA) is 24.9 Å². The molecule has 3 aromatic rings. The highest BCUT2D eigenvalue weighted by Gasteiger charge is 2.05. The Hall–Kier alpha value is -1.77. The van der Waals surface area contributed by atoms with Crippen molar-refractivity contribution in [1.29, 1.82) is 0 Å². The zero-order chi connectivity index (χ0) is 13.9. The highest BCUT2D eigenvalue weighted by Crippen LogP contribution is 2.30. The molecule has 2 nitrogen and oxygen atoms in total. The Morgan fingerprint density at radius 2 is 1.80 bits per heavy atom. The van der Waals surface area contributed by atoms with Crippen molar-refractivity contribution in [2.75, 3.05) is 5.32 Å². The van der Waals surface area contributed by atoms with Crippen LogP contribution in [0.4, 0.5) is 5.69 Å². The minimum absolute atomic E-state index is 0.549. The molecule has 0 radical (unpaired) electrons. The first-order valence-corrected chi connectivity index (χ1v) is 7.02. The smallest absolute Gasteiger partial charge is 0.0823 e. The van der Waals surface area contributed by atoms with Gasteiger partial charge in [-0.25, -0.2) is 0 Å². The molecule has 0 spiro atoms. The first-order chi connectivity index (χ1) is 9.75. The predicted octanol–water partition coefficient (Wildman–Crippen LogP) is 5.15. The van der Waals surface area contributed by atoms with Crippen LogP contribution in [-0.4, -0.2) is 4.98 Å². The molecule has 0 saturated heterocycles. The van der Waals surface area contributed by atoms with Crippen LogP contribution in [0.2, 0.25) is 10.0 Å². The van der Waals surface area contributed by atoms with E-state index in [2.05, 4.69) is 16.4 Å². The SMILES string of the molecule is Clc1cccc(NCc2ccnc3ccccc23)c1Cl. The van der Waals surface area contributed by atoms with Crippen LogP contribution in [0.3, 0.4) is 0 Å². The fourth-order valence-corrected chi connectivity index (χ4v) is 2.51. The largest absolute Gasteiger partial charge is 0.380 e. The molecule has 0 aliphatic heterocycles. The number of nitrogens with one attached hydrogen (secondary N) is 1. The number of halogens is 2. The molecule has 0 unspecified atom stereocenters. The van der Waals surface area contributed by atoms with E-state index in [-0.39, 0.29) is 0 Å². The molecule has 20 heavy (non-hydrogen) atoms. The lowest BCUT2D eigenvalue weighted by atomic mass is 10.1. The van der Waals surface area contributed by atoms with E-state index in [1.54, 1.807) is 6.07 Å². The summed E-state index contributed by atoms with van der Waals surface area (Å²) in [6.07, 6.45) is 1.82. The molecular formula is C16H12Cl2N2. The van der Waals surface area contributed by atoms with Gasteiger partial charge in [-0.3, -0.25) is 4.98 Å². The first kappa shape index (κ1) is 13.2. The fourth-order valence-electron chi connectivity index (χ4n) is 2.14. The predicted molar refractivity (Wildman–Crippen MR) is 85.5 cm³/mol. The molecule has 1 N–H and O–H groups in total. The van der Waals surface area contributed by atoms with E-state index in [0.29, 0.717) is 16.6 Å². The Balaban J connectivity index is 1.89. The maximum atomic E-state index is 6.17. The number of anilines is 1. The molecule has 2 aromatic carbocycles. The van der Waals surface area contributed by atoms with Crippen molar-refractivity contribution in [3.05, 3.63) is 70.3 Å². The summed E-state index contributed by atoms with van der Waals surface area (Å²) in [5.74, 6) is 0. The lowest BCUT2D eigenvalue weighted by molar-refractivity contribution is 1.16. The lowest BCUT2D eigenvalue weighted by Crippen LogP contribution is -2.01. The molecule has 4 heteroatoms. The van der Waals surface area contributed by atoms with Crippen molar-refractivity contribution in [2.24, 2.45) is 0 Å². The maximum Gasteiger partial charge on any atom is 0.0823 e. The van der Waals surface area contributed by atoms with E-state index >= 15 is 0 Å². The highest BCUT2D eigenvalue weighted by molar-refractivity contribution is 6.43. The second kappa shape index (κ2) is 5.70. The second-order valence-electron chi connectivity index (χ2n) is 4.44. The van der Waals surface area contributed by atoms with Crippen molar-refractivity contribution in [2.45, 2.75) is 6.54 Å². The minimum atomic E-state index is 0.549. The van der Waals surface area contributed by atoms with Gasteiger partial charge in [0.25, 0.3) is 0 Å². The van der Waals surface area contributed by atoms with Crippen molar-refractivity contribution in [1.82, 2.24) is 4.98 Å². The zero-order valence-electron chi connectivity index (χ0n) is 10.6. The minimum Gasteiger partial charge on any atom is -0.380 e. The number of nitrogens with zero attached hydrogens (tertiary/aromatic N) is 1. The Morgan fingerprint density at radius 3 is 2.70 bits per heavy atom. The number of pyridine rings is 1. The quantitative estimate of drug-likeness (QED) is 0.723. The Morgan fingerprint density at radius 1 is 0.950 bits per heavy atom. The molecule has 0 bridgehead atoms. The van der Waals surface area contributed by atoms with Gasteiger partial charge in [0.1, 0.15) is 0 Å². The van der Waals surface area contributed by atoms with Crippen molar-refractivity contribution in [3.63, 3.8) is 0 Å². The molecule has 3 rings (SSSR count). The molecule has 0 atom stereocenters. The molecule has 0 fully saturated rings. The molecule has 1 heterocycles. The molecule has 0 amide bonds. The van der Waals surface area contributed by atoms with Crippen molar-refractivity contribution in [3.8, 4) is 0 Å². The first-order valence-electron chi connectivity index (χ1n) is 6.26. The summed E-state index contributed by atoms with van der Waals surface area (Å²) >= 11 is 12.2. The van der Waals surface area contributed by atoms with Crippen LogP contribution in [0.5, 0.6) is 0 Å². The highest BCUT2D eigenvalue weighted by atomic mass is 35.5. The van der Waals surface area contributed by atoms with Gasteiger partial charge in [0.2, 0.25) is 0 Å². The van der Waals surface area contributed by atoms with Crippen LogP contribution < -0.4 is 5.32 Å². The molecule has 1 aromatic heterocycles. The number of benzene rings is 2. The van der Waals surface area contributed by atoms with Gasteiger partial charge in [0.15, 0.2) is 0 Å². The summed E-state index contributed by atoms with van der Waals surface area (Å²) < 4.78 is 0. The number of hydrogen-bond acceptors (Lipinski definition) is 2. The standard InChI is InChI=1S/C16H12Cl2N2/c17-13-5-3-7-15(16(13)18)20-10-11-8-9-19-14-6-2-1-4-12(11)14/h1-9,20H,10H2. The van der Waals surface area contributed by atoms with Crippen LogP contribution in [0.1, 0.15) is 5.56 Å². The summed E-state index contributed by atoms with van der Waals surface area (Å²) in [5, 5.41) is 5.56. The van der Waals surface area contributed by atoms with E-state index in [1.165, 1.54) is 5.56 Å². The lowest BCUT2D eigenvalue weighted by Gasteiger charge is -2.11. The summed E-state index contributed by atoms with van der Waals surface area (Å²) in [6, 6.07) is 15.6. The molecule has 100 valence electrons. The third-order valence-corrected chi connectivity index (χ3v) is 3.98. The number of para-hydroxylation sites is 1. The van der Waals surface area contributed by atoms with Gasteiger partial charge >= 0.3 is 0 Å². The van der Waals surface area contributed by atoms with Crippen LogP contribution in [-0.2, 0) is 6.54 Å². The van der Waals surface area contributed by atoms with Gasteiger partial charge in [0, 0.05) is 18.1 Å². The average molecular weight is 303 g/mol. The monoisotopic (exact) mass is 302 g/mol. The third kappa shape index (κ3) is 2.58. The van der Waals surface area contributed by atoms with Crippen molar-refractivity contribution >= 4 is 39.8 Å².